The standard InChI is InChI=1S/C42H46Cl2N4O6/c1-52-39-26(22-45-21-25-12-14-29(49)19-25)13-16-36(46-39)34-11-6-10-33(38(34)44)30-8-5-9-32-31(30)15-17-37(32)54-41-35(43)20-28(40(47-41)53-2)24-48-18-4-3-7-27(23-48)42(50)51/h5-6,8-11,13,16,20,25,27,37,45H,3-4,7,12,14-15,17-19,21-24H2,1-2H3,(H,50,51)/t25-,27?,37+/m1/s1. The molecule has 3 aliphatic rings. The van der Waals surface area contributed by atoms with Crippen molar-refractivity contribution in [3.8, 4) is 40.0 Å². The van der Waals surface area contributed by atoms with Crippen LogP contribution in [0.25, 0.3) is 22.4 Å². The number of Topliss-reactive ketones (excluding diaryl/α,β-unsaturated/α-hetero) is 1. The Balaban J connectivity index is 1.08. The molecule has 2 aromatic heterocycles. The predicted molar refractivity (Wildman–Crippen MR) is 208 cm³/mol. The normalized spacial score (nSPS) is 20.1. The van der Waals surface area contributed by atoms with Crippen LogP contribution in [0, 0.1) is 11.8 Å². The third-order valence-electron chi connectivity index (χ3n) is 10.9. The highest BCUT2D eigenvalue weighted by Gasteiger charge is 2.30. The highest BCUT2D eigenvalue weighted by Crippen LogP contribution is 2.45. The van der Waals surface area contributed by atoms with Gasteiger partial charge in [0.15, 0.2) is 0 Å². The van der Waals surface area contributed by atoms with Crippen molar-refractivity contribution in [2.45, 2.75) is 70.6 Å². The lowest BCUT2D eigenvalue weighted by molar-refractivity contribution is -0.142. The van der Waals surface area contributed by atoms with Crippen molar-refractivity contribution in [1.82, 2.24) is 20.2 Å². The first kappa shape index (κ1) is 38.1. The number of carbonyl (C=O) groups excluding carboxylic acids is 1. The lowest BCUT2D eigenvalue weighted by atomic mass is 9.94. The van der Waals surface area contributed by atoms with Gasteiger partial charge in [0.1, 0.15) is 16.9 Å². The largest absolute Gasteiger partial charge is 0.481 e. The van der Waals surface area contributed by atoms with E-state index in [1.54, 1.807) is 14.2 Å². The Morgan fingerprint density at radius 1 is 0.907 bits per heavy atom. The monoisotopic (exact) mass is 772 g/mol. The number of halogens is 2. The summed E-state index contributed by atoms with van der Waals surface area (Å²) in [7, 11) is 3.19. The van der Waals surface area contributed by atoms with Gasteiger partial charge in [-0.3, -0.25) is 14.5 Å². The minimum atomic E-state index is -0.758. The maximum atomic E-state index is 11.7. The van der Waals surface area contributed by atoms with E-state index in [0.29, 0.717) is 84.0 Å². The number of aliphatic carboxylic acids is 1. The first-order valence-electron chi connectivity index (χ1n) is 18.7. The van der Waals surface area contributed by atoms with Gasteiger partial charge in [0, 0.05) is 54.7 Å². The number of nitrogens with zero attached hydrogens (tertiary/aromatic N) is 3. The van der Waals surface area contributed by atoms with E-state index in [1.165, 1.54) is 0 Å². The fourth-order valence-electron chi connectivity index (χ4n) is 8.14. The number of benzene rings is 2. The summed E-state index contributed by atoms with van der Waals surface area (Å²) >= 11 is 14.0. The van der Waals surface area contributed by atoms with Crippen molar-refractivity contribution >= 4 is 35.0 Å². The summed E-state index contributed by atoms with van der Waals surface area (Å²) in [5.74, 6) is 0.838. The van der Waals surface area contributed by atoms with Gasteiger partial charge in [-0.15, -0.1) is 0 Å². The second-order valence-corrected chi connectivity index (χ2v) is 15.3. The number of aromatic nitrogens is 2. The SMILES string of the molecule is COc1nc(-c2cccc(-c3cccc4c3CC[C@@H]4Oc3nc(OC)c(CN4CCCCC(C(=O)O)C4)cc3Cl)c2Cl)ccc1CNC[C@@H]1CCC(=O)C1. The Kier molecular flexibility index (Phi) is 12.0. The fraction of sp³-hybridized carbons (Fsp3) is 0.429. The van der Waals surface area contributed by atoms with Gasteiger partial charge < -0.3 is 24.6 Å². The van der Waals surface area contributed by atoms with Crippen molar-refractivity contribution in [2.24, 2.45) is 11.8 Å². The van der Waals surface area contributed by atoms with Crippen LogP contribution in [-0.2, 0) is 29.1 Å². The maximum absolute atomic E-state index is 11.7. The van der Waals surface area contributed by atoms with Crippen molar-refractivity contribution in [2.75, 3.05) is 33.9 Å². The molecule has 10 nitrogen and oxygen atoms in total. The van der Waals surface area contributed by atoms with E-state index in [9.17, 15) is 14.7 Å². The van der Waals surface area contributed by atoms with Crippen molar-refractivity contribution < 1.29 is 28.9 Å². The van der Waals surface area contributed by atoms with Gasteiger partial charge >= 0.3 is 5.97 Å². The summed E-state index contributed by atoms with van der Waals surface area (Å²) in [5, 5.41) is 14.1. The zero-order valence-corrected chi connectivity index (χ0v) is 32.2. The maximum Gasteiger partial charge on any atom is 0.307 e. The number of carbonyl (C=O) groups is 2. The first-order chi connectivity index (χ1) is 26.2. The summed E-state index contributed by atoms with van der Waals surface area (Å²) in [5.41, 5.74) is 7.41. The molecule has 2 fully saturated rings. The van der Waals surface area contributed by atoms with E-state index >= 15 is 0 Å². The molecule has 12 heteroatoms. The van der Waals surface area contributed by atoms with E-state index in [2.05, 4.69) is 22.3 Å². The van der Waals surface area contributed by atoms with Gasteiger partial charge in [0.2, 0.25) is 17.6 Å². The fourth-order valence-corrected chi connectivity index (χ4v) is 8.69. The van der Waals surface area contributed by atoms with Gasteiger partial charge in [-0.25, -0.2) is 4.98 Å². The van der Waals surface area contributed by atoms with Crippen LogP contribution in [0.5, 0.6) is 17.6 Å². The van der Waals surface area contributed by atoms with Crippen LogP contribution >= 0.6 is 23.2 Å². The number of hydrogen-bond acceptors (Lipinski definition) is 9. The molecule has 2 aromatic carbocycles. The van der Waals surface area contributed by atoms with Gasteiger partial charge in [0.05, 0.1) is 30.9 Å². The molecule has 4 aromatic rings. The third-order valence-corrected chi connectivity index (χ3v) is 11.6. The quantitative estimate of drug-likeness (QED) is 0.137. The molecule has 2 aliphatic carbocycles. The topological polar surface area (TPSA) is 123 Å². The van der Waals surface area contributed by atoms with Crippen molar-refractivity contribution in [3.05, 3.63) is 86.9 Å². The first-order valence-corrected chi connectivity index (χ1v) is 19.5. The predicted octanol–water partition coefficient (Wildman–Crippen LogP) is 8.35. The summed E-state index contributed by atoms with van der Waals surface area (Å²) in [6.07, 6.45) is 6.05. The van der Waals surface area contributed by atoms with Crippen molar-refractivity contribution in [3.63, 3.8) is 0 Å². The highest BCUT2D eigenvalue weighted by atomic mass is 35.5. The van der Waals surface area contributed by atoms with E-state index in [1.807, 2.05) is 42.5 Å². The van der Waals surface area contributed by atoms with Crippen LogP contribution in [0.4, 0.5) is 0 Å². The molecule has 1 aliphatic heterocycles. The lowest BCUT2D eigenvalue weighted by Crippen LogP contribution is -2.31. The zero-order valence-electron chi connectivity index (χ0n) is 30.7. The molecule has 1 saturated heterocycles. The molecular weight excluding hydrogens is 727 g/mol. The number of nitrogens with one attached hydrogen (secondary N) is 1. The Morgan fingerprint density at radius 2 is 1.69 bits per heavy atom. The van der Waals surface area contributed by atoms with Crippen LogP contribution < -0.4 is 19.5 Å². The van der Waals surface area contributed by atoms with Crippen LogP contribution in [-0.4, -0.2) is 65.6 Å². The zero-order chi connectivity index (χ0) is 37.8. The van der Waals surface area contributed by atoms with E-state index < -0.39 is 11.9 Å². The van der Waals surface area contributed by atoms with Crippen LogP contribution in [0.3, 0.4) is 0 Å². The number of carboxylic acid groups (broad SMARTS) is 1. The average Bonchev–Trinajstić information content (AvgIpc) is 3.70. The van der Waals surface area contributed by atoms with Crippen LogP contribution in [0.2, 0.25) is 10.0 Å². The van der Waals surface area contributed by atoms with E-state index in [4.69, 9.17) is 47.4 Å². The number of ether oxygens (including phenoxy) is 3. The molecule has 284 valence electrons. The summed E-state index contributed by atoms with van der Waals surface area (Å²) in [6, 6.07) is 18.0. The lowest BCUT2D eigenvalue weighted by Gasteiger charge is -2.24. The van der Waals surface area contributed by atoms with Crippen molar-refractivity contribution in [1.29, 1.82) is 0 Å². The van der Waals surface area contributed by atoms with Gasteiger partial charge in [-0.1, -0.05) is 72.1 Å². The van der Waals surface area contributed by atoms with Gasteiger partial charge in [-0.2, -0.15) is 4.98 Å². The number of fused-ring (bicyclic) bond motifs is 1. The Hall–Kier alpha value is -4.22. The van der Waals surface area contributed by atoms with E-state index in [0.717, 1.165) is 84.1 Å². The molecule has 3 heterocycles. The number of hydrogen-bond donors (Lipinski definition) is 2. The smallest absolute Gasteiger partial charge is 0.307 e. The van der Waals surface area contributed by atoms with Gasteiger partial charge in [0.25, 0.3) is 0 Å². The molecule has 1 unspecified atom stereocenters. The molecule has 3 atom stereocenters. The van der Waals surface area contributed by atoms with E-state index in [-0.39, 0.29) is 6.10 Å². The molecule has 2 N–H and O–H groups in total. The average molecular weight is 774 g/mol. The Labute approximate surface area is 326 Å². The molecule has 1 saturated carbocycles. The second-order valence-electron chi connectivity index (χ2n) is 14.5. The minimum Gasteiger partial charge on any atom is -0.481 e. The number of carboxylic acids is 1. The van der Waals surface area contributed by atoms with Gasteiger partial charge in [-0.05, 0) is 79.9 Å². The number of methoxy groups -OCH3 is 2. The number of likely N-dealkylation sites (tertiary alicyclic amines) is 1. The highest BCUT2D eigenvalue weighted by molar-refractivity contribution is 6.36. The Bertz CT molecular complexity index is 2030. The van der Waals surface area contributed by atoms with Crippen LogP contribution in [0.15, 0.2) is 54.6 Å². The molecule has 54 heavy (non-hydrogen) atoms. The molecule has 0 radical (unpaired) electrons. The summed E-state index contributed by atoms with van der Waals surface area (Å²) in [4.78, 5) is 35.1. The molecule has 7 rings (SSSR count). The molecule has 0 bridgehead atoms. The third kappa shape index (κ3) is 8.37. The molecule has 0 spiro atoms. The molecular formula is C42H46Cl2N4O6. The number of pyridine rings is 2. The Morgan fingerprint density at radius 3 is 2.46 bits per heavy atom. The summed E-state index contributed by atoms with van der Waals surface area (Å²) < 4.78 is 17.9. The number of ketones is 1. The van der Waals surface area contributed by atoms with Crippen LogP contribution in [0.1, 0.15) is 73.3 Å². The minimum absolute atomic E-state index is 0.273. The second kappa shape index (κ2) is 17.1. The number of rotatable bonds is 13. The molecule has 0 amide bonds. The summed E-state index contributed by atoms with van der Waals surface area (Å²) in [6.45, 7) is 3.15.